The zero-order valence-electron chi connectivity index (χ0n) is 10.3. The van der Waals surface area contributed by atoms with Crippen LogP contribution in [0.2, 0.25) is 0 Å². The summed E-state index contributed by atoms with van der Waals surface area (Å²) in [7, 11) is 0. The zero-order valence-corrected chi connectivity index (χ0v) is 10.3. The molecule has 1 aromatic carbocycles. The van der Waals surface area contributed by atoms with Crippen LogP contribution in [0.15, 0.2) is 24.3 Å². The van der Waals surface area contributed by atoms with Gasteiger partial charge < -0.3 is 10.3 Å². The van der Waals surface area contributed by atoms with Crippen molar-refractivity contribution in [2.24, 2.45) is 0 Å². The van der Waals surface area contributed by atoms with Gasteiger partial charge in [-0.3, -0.25) is 4.90 Å². The van der Waals surface area contributed by atoms with Crippen molar-refractivity contribution in [2.75, 3.05) is 26.2 Å². The molecule has 2 heterocycles. The van der Waals surface area contributed by atoms with E-state index in [1.54, 1.807) is 0 Å². The molecule has 3 rings (SSSR count). The van der Waals surface area contributed by atoms with E-state index in [2.05, 4.69) is 46.4 Å². The van der Waals surface area contributed by atoms with Crippen LogP contribution in [0.1, 0.15) is 11.3 Å². The van der Waals surface area contributed by atoms with E-state index in [0.29, 0.717) is 0 Å². The molecule has 90 valence electrons. The maximum atomic E-state index is 3.41. The van der Waals surface area contributed by atoms with Gasteiger partial charge in [-0.25, -0.2) is 0 Å². The summed E-state index contributed by atoms with van der Waals surface area (Å²) in [5.74, 6) is 0. The van der Waals surface area contributed by atoms with Crippen LogP contribution in [0.5, 0.6) is 0 Å². The van der Waals surface area contributed by atoms with Crippen molar-refractivity contribution >= 4 is 10.9 Å². The Morgan fingerprint density at radius 1 is 1.24 bits per heavy atom. The van der Waals surface area contributed by atoms with Gasteiger partial charge in [-0.15, -0.1) is 0 Å². The van der Waals surface area contributed by atoms with Crippen LogP contribution in [0.4, 0.5) is 0 Å². The Balaban J connectivity index is 1.88. The molecule has 0 bridgehead atoms. The summed E-state index contributed by atoms with van der Waals surface area (Å²) >= 11 is 0. The van der Waals surface area contributed by atoms with Gasteiger partial charge in [-0.05, 0) is 24.6 Å². The minimum Gasteiger partial charge on any atom is -0.359 e. The maximum absolute atomic E-state index is 3.41. The van der Waals surface area contributed by atoms with Gasteiger partial charge in [0, 0.05) is 49.3 Å². The molecule has 0 saturated carbocycles. The number of aromatic amines is 1. The Labute approximate surface area is 102 Å². The minimum atomic E-state index is 1.07. The highest BCUT2D eigenvalue weighted by molar-refractivity contribution is 5.83. The molecule has 3 heteroatoms. The fourth-order valence-corrected chi connectivity index (χ4v) is 2.61. The number of nitrogens with one attached hydrogen (secondary N) is 2. The molecule has 0 amide bonds. The molecule has 3 nitrogen and oxygen atoms in total. The fourth-order valence-electron chi connectivity index (χ4n) is 2.61. The molecule has 0 aliphatic carbocycles. The summed E-state index contributed by atoms with van der Waals surface area (Å²) in [4.78, 5) is 5.93. The van der Waals surface area contributed by atoms with E-state index in [1.165, 1.54) is 22.2 Å². The molecule has 0 radical (unpaired) electrons. The first kappa shape index (κ1) is 10.8. The second-order valence-electron chi connectivity index (χ2n) is 4.86. The third kappa shape index (κ3) is 2.21. The molecule has 1 aliphatic rings. The number of H-pyrrole nitrogens is 1. The van der Waals surface area contributed by atoms with E-state index in [9.17, 15) is 0 Å². The second kappa shape index (κ2) is 4.51. The van der Waals surface area contributed by atoms with Crippen molar-refractivity contribution in [3.63, 3.8) is 0 Å². The van der Waals surface area contributed by atoms with Crippen molar-refractivity contribution in [3.05, 3.63) is 35.5 Å². The van der Waals surface area contributed by atoms with Crippen molar-refractivity contribution in [1.29, 1.82) is 0 Å². The van der Waals surface area contributed by atoms with E-state index in [4.69, 9.17) is 0 Å². The average Bonchev–Trinajstić information content (AvgIpc) is 2.72. The van der Waals surface area contributed by atoms with E-state index in [-0.39, 0.29) is 0 Å². The van der Waals surface area contributed by atoms with Gasteiger partial charge in [-0.1, -0.05) is 12.1 Å². The first-order chi connectivity index (χ1) is 8.33. The Morgan fingerprint density at radius 2 is 2.06 bits per heavy atom. The molecule has 0 unspecified atom stereocenters. The molecular weight excluding hydrogens is 210 g/mol. The highest BCUT2D eigenvalue weighted by atomic mass is 15.2. The number of benzene rings is 1. The Hall–Kier alpha value is -1.32. The summed E-state index contributed by atoms with van der Waals surface area (Å²) in [6, 6.07) is 8.81. The number of hydrogen-bond acceptors (Lipinski definition) is 2. The van der Waals surface area contributed by atoms with E-state index in [0.717, 1.165) is 32.7 Å². The van der Waals surface area contributed by atoms with E-state index in [1.807, 2.05) is 0 Å². The van der Waals surface area contributed by atoms with Gasteiger partial charge in [0.1, 0.15) is 0 Å². The normalized spacial score (nSPS) is 17.7. The monoisotopic (exact) mass is 229 g/mol. The van der Waals surface area contributed by atoms with Crippen LogP contribution in [-0.2, 0) is 6.54 Å². The van der Waals surface area contributed by atoms with E-state index < -0.39 is 0 Å². The van der Waals surface area contributed by atoms with Crippen LogP contribution in [0, 0.1) is 6.92 Å². The predicted octanol–water partition coefficient (Wildman–Crippen LogP) is 1.88. The molecule has 1 fully saturated rings. The summed E-state index contributed by atoms with van der Waals surface area (Å²) in [5.41, 5.74) is 3.94. The number of nitrogens with zero attached hydrogens (tertiary/aromatic N) is 1. The fraction of sp³-hybridized carbons (Fsp3) is 0.429. The number of aromatic nitrogens is 1. The van der Waals surface area contributed by atoms with Crippen LogP contribution in [0.25, 0.3) is 10.9 Å². The third-order valence-electron chi connectivity index (χ3n) is 3.49. The first-order valence-corrected chi connectivity index (χ1v) is 6.33. The first-order valence-electron chi connectivity index (χ1n) is 6.33. The standard InChI is InChI=1S/C14H19N3/c1-11-9-13-12(3-2-4-14(13)16-11)10-17-7-5-15-6-8-17/h2-4,9,15-16H,5-8,10H2,1H3. The van der Waals surface area contributed by atoms with Gasteiger partial charge in [0.2, 0.25) is 0 Å². The number of piperazine rings is 1. The lowest BCUT2D eigenvalue weighted by atomic mass is 10.1. The summed E-state index contributed by atoms with van der Waals surface area (Å²) in [6.07, 6.45) is 0. The van der Waals surface area contributed by atoms with Gasteiger partial charge >= 0.3 is 0 Å². The van der Waals surface area contributed by atoms with Crippen molar-refractivity contribution in [2.45, 2.75) is 13.5 Å². The zero-order chi connectivity index (χ0) is 11.7. The van der Waals surface area contributed by atoms with Gasteiger partial charge in [-0.2, -0.15) is 0 Å². The van der Waals surface area contributed by atoms with Crippen LogP contribution >= 0.6 is 0 Å². The topological polar surface area (TPSA) is 31.1 Å². The molecule has 0 spiro atoms. The molecule has 17 heavy (non-hydrogen) atoms. The number of hydrogen-bond donors (Lipinski definition) is 2. The Kier molecular flexibility index (Phi) is 2.87. The molecule has 1 aliphatic heterocycles. The van der Waals surface area contributed by atoms with Crippen molar-refractivity contribution < 1.29 is 0 Å². The molecule has 0 atom stereocenters. The number of rotatable bonds is 2. The predicted molar refractivity (Wildman–Crippen MR) is 71.2 cm³/mol. The largest absolute Gasteiger partial charge is 0.359 e. The highest BCUT2D eigenvalue weighted by Crippen LogP contribution is 2.21. The quantitative estimate of drug-likeness (QED) is 0.824. The second-order valence-corrected chi connectivity index (χ2v) is 4.86. The lowest BCUT2D eigenvalue weighted by Crippen LogP contribution is -2.42. The molecular formula is C14H19N3. The number of fused-ring (bicyclic) bond motifs is 1. The van der Waals surface area contributed by atoms with Gasteiger partial charge in [0.15, 0.2) is 0 Å². The highest BCUT2D eigenvalue weighted by Gasteiger charge is 2.11. The molecule has 1 aromatic heterocycles. The minimum absolute atomic E-state index is 1.07. The molecule has 1 saturated heterocycles. The summed E-state index contributed by atoms with van der Waals surface area (Å²) in [6.45, 7) is 7.72. The maximum Gasteiger partial charge on any atom is 0.0459 e. The lowest BCUT2D eigenvalue weighted by molar-refractivity contribution is 0.234. The summed E-state index contributed by atoms with van der Waals surface area (Å²) < 4.78 is 0. The molecule has 2 N–H and O–H groups in total. The van der Waals surface area contributed by atoms with Crippen molar-refractivity contribution in [3.8, 4) is 0 Å². The van der Waals surface area contributed by atoms with E-state index >= 15 is 0 Å². The van der Waals surface area contributed by atoms with Crippen LogP contribution in [-0.4, -0.2) is 36.1 Å². The smallest absolute Gasteiger partial charge is 0.0459 e. The van der Waals surface area contributed by atoms with Crippen LogP contribution < -0.4 is 5.32 Å². The van der Waals surface area contributed by atoms with Gasteiger partial charge in [0.25, 0.3) is 0 Å². The number of aryl methyl sites for hydroxylation is 1. The average molecular weight is 229 g/mol. The third-order valence-corrected chi connectivity index (χ3v) is 3.49. The van der Waals surface area contributed by atoms with Crippen molar-refractivity contribution in [1.82, 2.24) is 15.2 Å². The van der Waals surface area contributed by atoms with Gasteiger partial charge in [0.05, 0.1) is 0 Å². The van der Waals surface area contributed by atoms with Crippen LogP contribution in [0.3, 0.4) is 0 Å². The Bertz CT molecular complexity index is 509. The lowest BCUT2D eigenvalue weighted by Gasteiger charge is -2.27. The molecule has 2 aromatic rings. The Morgan fingerprint density at radius 3 is 2.88 bits per heavy atom. The SMILES string of the molecule is Cc1cc2c(CN3CCNCC3)cccc2[nH]1. The summed E-state index contributed by atoms with van der Waals surface area (Å²) in [5, 5.41) is 4.77.